The van der Waals surface area contributed by atoms with Crippen molar-refractivity contribution in [2.45, 2.75) is 111 Å². The molecule has 0 aliphatic rings. The minimum Gasteiger partial charge on any atom is -0.314 e. The molecule has 0 amide bonds. The molecule has 1 nitrogen and oxygen atoms in total. The van der Waals surface area contributed by atoms with Crippen molar-refractivity contribution in [1.29, 1.82) is 0 Å². The molecule has 1 N–H and O–H groups in total. The third kappa shape index (κ3) is 13.0. The Kier molecular flexibility index (Phi) is 15.3. The summed E-state index contributed by atoms with van der Waals surface area (Å²) in [5, 5.41) is 3.78. The van der Waals surface area contributed by atoms with E-state index >= 15 is 0 Å². The van der Waals surface area contributed by atoms with Gasteiger partial charge in [-0.15, -0.1) is 0 Å². The molecule has 0 heterocycles. The highest BCUT2D eigenvalue weighted by Gasteiger charge is 2.10. The van der Waals surface area contributed by atoms with Crippen molar-refractivity contribution >= 4 is 0 Å². The Morgan fingerprint density at radius 1 is 0.750 bits per heavy atom. The standard InChI is InChI=1S/C19H41N/c1-5-8-10-11-12-14-16-20-19(7-3)17-18(4)15-13-9-6-2/h18-20H,5-17H2,1-4H3. The maximum atomic E-state index is 3.78. The van der Waals surface area contributed by atoms with Gasteiger partial charge in [-0.25, -0.2) is 0 Å². The van der Waals surface area contributed by atoms with E-state index < -0.39 is 0 Å². The Morgan fingerprint density at radius 2 is 1.35 bits per heavy atom. The smallest absolute Gasteiger partial charge is 0.00669 e. The fourth-order valence-electron chi connectivity index (χ4n) is 2.95. The van der Waals surface area contributed by atoms with Crippen molar-refractivity contribution in [2.24, 2.45) is 5.92 Å². The number of hydrogen-bond donors (Lipinski definition) is 1. The van der Waals surface area contributed by atoms with Gasteiger partial charge in [0.15, 0.2) is 0 Å². The number of unbranched alkanes of at least 4 members (excludes halogenated alkanes) is 7. The van der Waals surface area contributed by atoms with Crippen molar-refractivity contribution in [3.05, 3.63) is 0 Å². The molecule has 2 unspecified atom stereocenters. The van der Waals surface area contributed by atoms with Gasteiger partial charge in [0.05, 0.1) is 0 Å². The highest BCUT2D eigenvalue weighted by Crippen LogP contribution is 2.16. The van der Waals surface area contributed by atoms with Crippen LogP contribution in [0, 0.1) is 5.92 Å². The van der Waals surface area contributed by atoms with Gasteiger partial charge in [-0.3, -0.25) is 0 Å². The monoisotopic (exact) mass is 283 g/mol. The highest BCUT2D eigenvalue weighted by atomic mass is 14.9. The van der Waals surface area contributed by atoms with Crippen LogP contribution < -0.4 is 5.32 Å². The van der Waals surface area contributed by atoms with Gasteiger partial charge in [0.2, 0.25) is 0 Å². The van der Waals surface area contributed by atoms with E-state index in [1.807, 2.05) is 0 Å². The molecular weight excluding hydrogens is 242 g/mol. The maximum Gasteiger partial charge on any atom is 0.00669 e. The SMILES string of the molecule is CCCCCCCCNC(CC)CC(C)CCCCC. The van der Waals surface area contributed by atoms with Crippen LogP contribution >= 0.6 is 0 Å². The van der Waals surface area contributed by atoms with E-state index in [9.17, 15) is 0 Å². The summed E-state index contributed by atoms with van der Waals surface area (Å²) in [6.07, 6.45) is 16.7. The van der Waals surface area contributed by atoms with Crippen LogP contribution in [0.5, 0.6) is 0 Å². The molecule has 0 bridgehead atoms. The summed E-state index contributed by atoms with van der Waals surface area (Å²) in [5.74, 6) is 0.892. The summed E-state index contributed by atoms with van der Waals surface area (Å²) >= 11 is 0. The molecular formula is C19H41N. The van der Waals surface area contributed by atoms with E-state index in [1.165, 1.54) is 83.6 Å². The second-order valence-corrected chi connectivity index (χ2v) is 6.66. The van der Waals surface area contributed by atoms with Gasteiger partial charge in [0.25, 0.3) is 0 Å². The van der Waals surface area contributed by atoms with E-state index in [-0.39, 0.29) is 0 Å². The molecule has 0 aliphatic carbocycles. The van der Waals surface area contributed by atoms with Crippen LogP contribution in [0.4, 0.5) is 0 Å². The predicted molar refractivity (Wildman–Crippen MR) is 93.4 cm³/mol. The lowest BCUT2D eigenvalue weighted by molar-refractivity contribution is 0.365. The first-order valence-corrected chi connectivity index (χ1v) is 9.47. The summed E-state index contributed by atoms with van der Waals surface area (Å²) in [6, 6.07) is 0.752. The first-order chi connectivity index (χ1) is 9.74. The zero-order valence-electron chi connectivity index (χ0n) is 14.8. The van der Waals surface area contributed by atoms with Crippen molar-refractivity contribution in [2.75, 3.05) is 6.54 Å². The van der Waals surface area contributed by atoms with Gasteiger partial charge in [0.1, 0.15) is 0 Å². The predicted octanol–water partition coefficient (Wildman–Crippen LogP) is 6.32. The molecule has 0 aromatic carbocycles. The minimum absolute atomic E-state index is 0.752. The Hall–Kier alpha value is -0.0400. The fourth-order valence-corrected chi connectivity index (χ4v) is 2.95. The van der Waals surface area contributed by atoms with E-state index in [0.29, 0.717) is 0 Å². The van der Waals surface area contributed by atoms with Crippen LogP contribution in [0.25, 0.3) is 0 Å². The average Bonchev–Trinajstić information content (AvgIpc) is 2.45. The molecule has 0 saturated carbocycles. The van der Waals surface area contributed by atoms with E-state index in [4.69, 9.17) is 0 Å². The first-order valence-electron chi connectivity index (χ1n) is 9.47. The molecule has 0 aromatic heterocycles. The van der Waals surface area contributed by atoms with Gasteiger partial charge in [-0.1, -0.05) is 85.5 Å². The molecule has 0 saturated heterocycles. The third-order valence-corrected chi connectivity index (χ3v) is 4.44. The number of nitrogens with one attached hydrogen (secondary N) is 1. The molecule has 0 spiro atoms. The second-order valence-electron chi connectivity index (χ2n) is 6.66. The molecule has 0 rings (SSSR count). The molecule has 1 heteroatoms. The molecule has 0 radical (unpaired) electrons. The van der Waals surface area contributed by atoms with Crippen LogP contribution in [0.15, 0.2) is 0 Å². The summed E-state index contributed by atoms with van der Waals surface area (Å²) in [7, 11) is 0. The van der Waals surface area contributed by atoms with Gasteiger partial charge in [0, 0.05) is 6.04 Å². The normalized spacial score (nSPS) is 14.4. The lowest BCUT2D eigenvalue weighted by atomic mass is 9.94. The zero-order chi connectivity index (χ0) is 15.1. The zero-order valence-corrected chi connectivity index (χ0v) is 14.8. The summed E-state index contributed by atoms with van der Waals surface area (Å²) in [4.78, 5) is 0. The van der Waals surface area contributed by atoms with Crippen molar-refractivity contribution in [1.82, 2.24) is 5.32 Å². The molecule has 122 valence electrons. The molecule has 0 aliphatic heterocycles. The van der Waals surface area contributed by atoms with Gasteiger partial charge < -0.3 is 5.32 Å². The van der Waals surface area contributed by atoms with Crippen LogP contribution in [0.2, 0.25) is 0 Å². The van der Waals surface area contributed by atoms with Gasteiger partial charge in [-0.05, 0) is 31.7 Å². The van der Waals surface area contributed by atoms with Crippen molar-refractivity contribution < 1.29 is 0 Å². The number of rotatable bonds is 15. The lowest BCUT2D eigenvalue weighted by Crippen LogP contribution is -2.31. The Labute approximate surface area is 129 Å². The number of hydrogen-bond acceptors (Lipinski definition) is 1. The van der Waals surface area contributed by atoms with Crippen LogP contribution in [-0.4, -0.2) is 12.6 Å². The Morgan fingerprint density at radius 3 is 2.00 bits per heavy atom. The quantitative estimate of drug-likeness (QED) is 0.347. The summed E-state index contributed by atoms with van der Waals surface area (Å²) in [5.41, 5.74) is 0. The molecule has 20 heavy (non-hydrogen) atoms. The second kappa shape index (κ2) is 15.4. The van der Waals surface area contributed by atoms with Gasteiger partial charge in [-0.2, -0.15) is 0 Å². The van der Waals surface area contributed by atoms with Crippen LogP contribution in [-0.2, 0) is 0 Å². The maximum absolute atomic E-state index is 3.78. The largest absolute Gasteiger partial charge is 0.314 e. The van der Waals surface area contributed by atoms with Crippen LogP contribution in [0.1, 0.15) is 105 Å². The third-order valence-electron chi connectivity index (χ3n) is 4.44. The molecule has 0 aromatic rings. The Balaban J connectivity index is 3.50. The topological polar surface area (TPSA) is 12.0 Å². The molecule has 2 atom stereocenters. The fraction of sp³-hybridized carbons (Fsp3) is 1.00. The first kappa shape index (κ1) is 20.0. The Bertz CT molecular complexity index is 179. The van der Waals surface area contributed by atoms with E-state index in [0.717, 1.165) is 12.0 Å². The highest BCUT2D eigenvalue weighted by molar-refractivity contribution is 4.69. The summed E-state index contributed by atoms with van der Waals surface area (Å²) in [6.45, 7) is 10.6. The average molecular weight is 284 g/mol. The summed E-state index contributed by atoms with van der Waals surface area (Å²) < 4.78 is 0. The van der Waals surface area contributed by atoms with E-state index in [2.05, 4.69) is 33.0 Å². The molecule has 0 fully saturated rings. The lowest BCUT2D eigenvalue weighted by Gasteiger charge is -2.21. The van der Waals surface area contributed by atoms with Crippen molar-refractivity contribution in [3.63, 3.8) is 0 Å². The van der Waals surface area contributed by atoms with E-state index in [1.54, 1.807) is 0 Å². The van der Waals surface area contributed by atoms with Crippen LogP contribution in [0.3, 0.4) is 0 Å². The van der Waals surface area contributed by atoms with Crippen molar-refractivity contribution in [3.8, 4) is 0 Å². The van der Waals surface area contributed by atoms with Gasteiger partial charge >= 0.3 is 0 Å². The minimum atomic E-state index is 0.752.